The minimum Gasteiger partial charge on any atom is -0.478 e. The lowest BCUT2D eigenvalue weighted by atomic mass is 10.1. The van der Waals surface area contributed by atoms with Gasteiger partial charge in [-0.25, -0.2) is 9.48 Å². The van der Waals surface area contributed by atoms with E-state index in [1.54, 1.807) is 19.1 Å². The fourth-order valence-corrected chi connectivity index (χ4v) is 3.01. The number of benzene rings is 1. The number of aromatic carboxylic acids is 1. The average Bonchev–Trinajstić information content (AvgIpc) is 2.97. The van der Waals surface area contributed by atoms with Gasteiger partial charge in [-0.2, -0.15) is 5.10 Å². The maximum atomic E-state index is 11.5. The zero-order valence-electron chi connectivity index (χ0n) is 13.3. The van der Waals surface area contributed by atoms with Crippen LogP contribution in [0.1, 0.15) is 35.3 Å². The van der Waals surface area contributed by atoms with Crippen molar-refractivity contribution >= 4 is 17.3 Å². The van der Waals surface area contributed by atoms with Crippen molar-refractivity contribution in [3.8, 4) is 5.69 Å². The highest BCUT2D eigenvalue weighted by atomic mass is 16.6. The van der Waals surface area contributed by atoms with Crippen LogP contribution in [0.5, 0.6) is 0 Å². The maximum Gasteiger partial charge on any atom is 0.339 e. The fraction of sp³-hybridized carbons (Fsp3) is 0.375. The van der Waals surface area contributed by atoms with E-state index in [4.69, 9.17) is 5.11 Å². The molecule has 0 aliphatic carbocycles. The molecule has 126 valence electrons. The summed E-state index contributed by atoms with van der Waals surface area (Å²) >= 11 is 0. The largest absolute Gasteiger partial charge is 0.478 e. The van der Waals surface area contributed by atoms with Crippen molar-refractivity contribution in [1.29, 1.82) is 0 Å². The number of aromatic nitrogens is 2. The SMILES string of the molecule is Cc1nn(-c2ccc(N3CCCCC3)c([N+](=O)[O-])c2)cc1C(=O)O. The lowest BCUT2D eigenvalue weighted by Gasteiger charge is -2.28. The highest BCUT2D eigenvalue weighted by Gasteiger charge is 2.22. The molecule has 2 aromatic rings. The van der Waals surface area contributed by atoms with Gasteiger partial charge in [-0.05, 0) is 38.3 Å². The third-order valence-corrected chi connectivity index (χ3v) is 4.25. The first-order valence-electron chi connectivity index (χ1n) is 7.80. The molecule has 8 nitrogen and oxygen atoms in total. The molecule has 8 heteroatoms. The Balaban J connectivity index is 2.01. The maximum absolute atomic E-state index is 11.5. The summed E-state index contributed by atoms with van der Waals surface area (Å²) in [5.74, 6) is -1.07. The first-order valence-corrected chi connectivity index (χ1v) is 7.80. The number of rotatable bonds is 4. The van der Waals surface area contributed by atoms with Gasteiger partial charge in [0, 0.05) is 25.4 Å². The number of nitro benzene ring substituents is 1. The zero-order chi connectivity index (χ0) is 17.3. The van der Waals surface area contributed by atoms with Gasteiger partial charge in [0.1, 0.15) is 11.3 Å². The Hall–Kier alpha value is -2.90. The molecule has 0 unspecified atom stereocenters. The minimum absolute atomic E-state index is 0.0134. The van der Waals surface area contributed by atoms with Crippen LogP contribution in [-0.4, -0.2) is 38.9 Å². The number of carboxylic acid groups (broad SMARTS) is 1. The summed E-state index contributed by atoms with van der Waals surface area (Å²) in [6, 6.07) is 4.90. The van der Waals surface area contributed by atoms with Crippen molar-refractivity contribution in [1.82, 2.24) is 9.78 Å². The molecule has 0 saturated carbocycles. The van der Waals surface area contributed by atoms with E-state index in [0.29, 0.717) is 17.1 Å². The summed E-state index contributed by atoms with van der Waals surface area (Å²) in [7, 11) is 0. The van der Waals surface area contributed by atoms with Crippen molar-refractivity contribution in [2.24, 2.45) is 0 Å². The number of nitrogens with zero attached hydrogens (tertiary/aromatic N) is 4. The molecule has 1 aromatic carbocycles. The molecule has 2 heterocycles. The first kappa shape index (κ1) is 16.0. The Kier molecular flexibility index (Phi) is 4.20. The van der Waals surface area contributed by atoms with Crippen molar-refractivity contribution in [2.75, 3.05) is 18.0 Å². The summed E-state index contributed by atoms with van der Waals surface area (Å²) in [5, 5.41) is 24.7. The number of anilines is 1. The fourth-order valence-electron chi connectivity index (χ4n) is 3.01. The van der Waals surface area contributed by atoms with Crippen LogP contribution in [0.2, 0.25) is 0 Å². The smallest absolute Gasteiger partial charge is 0.339 e. The molecule has 1 aliphatic rings. The molecule has 0 spiro atoms. The van der Waals surface area contributed by atoms with Crippen LogP contribution in [-0.2, 0) is 0 Å². The summed E-state index contributed by atoms with van der Waals surface area (Å²) in [6.07, 6.45) is 4.57. The second-order valence-corrected chi connectivity index (χ2v) is 5.86. The molecule has 1 aliphatic heterocycles. The monoisotopic (exact) mass is 330 g/mol. The van der Waals surface area contributed by atoms with Gasteiger partial charge in [0.05, 0.1) is 16.3 Å². The van der Waals surface area contributed by atoms with Gasteiger partial charge < -0.3 is 10.0 Å². The number of hydrogen-bond acceptors (Lipinski definition) is 5. The van der Waals surface area contributed by atoms with Crippen LogP contribution < -0.4 is 4.90 Å². The van der Waals surface area contributed by atoms with Crippen LogP contribution in [0.4, 0.5) is 11.4 Å². The van der Waals surface area contributed by atoms with Gasteiger partial charge in [-0.1, -0.05) is 0 Å². The molecular weight excluding hydrogens is 312 g/mol. The van der Waals surface area contributed by atoms with Crippen molar-refractivity contribution in [2.45, 2.75) is 26.2 Å². The Morgan fingerprint density at radius 3 is 2.58 bits per heavy atom. The third kappa shape index (κ3) is 2.94. The number of carbonyl (C=O) groups is 1. The van der Waals surface area contributed by atoms with E-state index in [1.807, 2.05) is 4.90 Å². The van der Waals surface area contributed by atoms with E-state index >= 15 is 0 Å². The molecule has 0 atom stereocenters. The van der Waals surface area contributed by atoms with Gasteiger partial charge in [-0.15, -0.1) is 0 Å². The topological polar surface area (TPSA) is 102 Å². The molecule has 0 amide bonds. The van der Waals surface area contributed by atoms with Crippen LogP contribution >= 0.6 is 0 Å². The number of aryl methyl sites for hydroxylation is 1. The summed E-state index contributed by atoms with van der Waals surface area (Å²) < 4.78 is 1.37. The number of hydrogen-bond donors (Lipinski definition) is 1. The lowest BCUT2D eigenvalue weighted by Crippen LogP contribution is -2.29. The molecule has 3 rings (SSSR count). The molecular formula is C16H18N4O4. The molecule has 1 saturated heterocycles. The predicted octanol–water partition coefficient (Wildman–Crippen LogP) is 2.78. The highest BCUT2D eigenvalue weighted by molar-refractivity contribution is 5.88. The van der Waals surface area contributed by atoms with Gasteiger partial charge in [0.25, 0.3) is 5.69 Å². The first-order chi connectivity index (χ1) is 11.5. The second-order valence-electron chi connectivity index (χ2n) is 5.86. The van der Waals surface area contributed by atoms with Crippen LogP contribution in [0.15, 0.2) is 24.4 Å². The normalized spacial score (nSPS) is 14.6. The summed E-state index contributed by atoms with van der Waals surface area (Å²) in [4.78, 5) is 24.2. The van der Waals surface area contributed by atoms with Gasteiger partial charge in [-0.3, -0.25) is 10.1 Å². The van der Waals surface area contributed by atoms with Crippen molar-refractivity contribution in [3.05, 3.63) is 45.8 Å². The van der Waals surface area contributed by atoms with Crippen LogP contribution in [0.3, 0.4) is 0 Å². The van der Waals surface area contributed by atoms with E-state index in [-0.39, 0.29) is 11.3 Å². The Morgan fingerprint density at radius 2 is 2.00 bits per heavy atom. The van der Waals surface area contributed by atoms with E-state index in [9.17, 15) is 14.9 Å². The van der Waals surface area contributed by atoms with Crippen LogP contribution in [0.25, 0.3) is 5.69 Å². The van der Waals surface area contributed by atoms with Gasteiger partial charge in [0.2, 0.25) is 0 Å². The van der Waals surface area contributed by atoms with Gasteiger partial charge in [0.15, 0.2) is 0 Å². The molecule has 0 bridgehead atoms. The zero-order valence-corrected chi connectivity index (χ0v) is 13.3. The quantitative estimate of drug-likeness (QED) is 0.683. The third-order valence-electron chi connectivity index (χ3n) is 4.25. The van der Waals surface area contributed by atoms with E-state index < -0.39 is 10.9 Å². The Morgan fingerprint density at radius 1 is 1.29 bits per heavy atom. The van der Waals surface area contributed by atoms with Crippen molar-refractivity contribution in [3.63, 3.8) is 0 Å². The predicted molar refractivity (Wildman–Crippen MR) is 88.0 cm³/mol. The highest BCUT2D eigenvalue weighted by Crippen LogP contribution is 2.32. The average molecular weight is 330 g/mol. The van der Waals surface area contributed by atoms with E-state index in [0.717, 1.165) is 32.4 Å². The molecule has 1 N–H and O–H groups in total. The van der Waals surface area contributed by atoms with Crippen LogP contribution in [0, 0.1) is 17.0 Å². The Labute approximate surface area is 138 Å². The molecule has 0 radical (unpaired) electrons. The number of piperidine rings is 1. The summed E-state index contributed by atoms with van der Waals surface area (Å²) in [5.41, 5.74) is 1.53. The summed E-state index contributed by atoms with van der Waals surface area (Å²) in [6.45, 7) is 3.21. The Bertz CT molecular complexity index is 793. The lowest BCUT2D eigenvalue weighted by molar-refractivity contribution is -0.384. The van der Waals surface area contributed by atoms with Gasteiger partial charge >= 0.3 is 5.97 Å². The molecule has 24 heavy (non-hydrogen) atoms. The van der Waals surface area contributed by atoms with Crippen molar-refractivity contribution < 1.29 is 14.8 Å². The number of nitro groups is 1. The van der Waals surface area contributed by atoms with E-state index in [1.165, 1.54) is 16.9 Å². The minimum atomic E-state index is -1.07. The van der Waals surface area contributed by atoms with E-state index in [2.05, 4.69) is 5.10 Å². The standard InChI is InChI=1S/C16H18N4O4/c1-11-13(16(21)22)10-19(17-11)12-5-6-14(15(9-12)20(23)24)18-7-3-2-4-8-18/h5-6,9-10H,2-4,7-8H2,1H3,(H,21,22). The number of carboxylic acids is 1. The molecule has 1 aromatic heterocycles. The second kappa shape index (κ2) is 6.31. The molecule has 1 fully saturated rings.